The molecule has 0 amide bonds. The van der Waals surface area contributed by atoms with Gasteiger partial charge in [-0.25, -0.2) is 0 Å². The smallest absolute Gasteiger partial charge is 0.174 e. The third-order valence-electron chi connectivity index (χ3n) is 2.84. The Balaban J connectivity index is 1.80. The third kappa shape index (κ3) is 2.23. The summed E-state index contributed by atoms with van der Waals surface area (Å²) in [5.74, 6) is 0.898. The van der Waals surface area contributed by atoms with Crippen LogP contribution in [0.25, 0.3) is 0 Å². The summed E-state index contributed by atoms with van der Waals surface area (Å²) in [4.78, 5) is 0. The van der Waals surface area contributed by atoms with E-state index in [2.05, 4.69) is 10.2 Å². The highest BCUT2D eigenvalue weighted by molar-refractivity contribution is 8.01. The molecular formula is C12H13N3OS2. The number of rotatable bonds is 2. The van der Waals surface area contributed by atoms with Crippen molar-refractivity contribution in [2.45, 2.75) is 22.6 Å². The Labute approximate surface area is 114 Å². The molecule has 4 nitrogen and oxygen atoms in total. The van der Waals surface area contributed by atoms with Gasteiger partial charge in [0.2, 0.25) is 0 Å². The highest BCUT2D eigenvalue weighted by atomic mass is 32.2. The molecule has 0 bridgehead atoms. The number of nitrogens with zero attached hydrogens (tertiary/aromatic N) is 2. The van der Waals surface area contributed by atoms with Crippen molar-refractivity contribution in [1.82, 2.24) is 10.2 Å². The lowest BCUT2D eigenvalue weighted by molar-refractivity contribution is 0.276. The maximum Gasteiger partial charge on any atom is 0.174 e. The van der Waals surface area contributed by atoms with Gasteiger partial charge in [0.25, 0.3) is 0 Å². The first kappa shape index (κ1) is 12.0. The average Bonchev–Trinajstić information content (AvgIpc) is 2.79. The Morgan fingerprint density at radius 1 is 1.39 bits per heavy atom. The van der Waals surface area contributed by atoms with Gasteiger partial charge in [-0.15, -0.1) is 10.2 Å². The zero-order chi connectivity index (χ0) is 12.5. The second kappa shape index (κ2) is 4.87. The summed E-state index contributed by atoms with van der Waals surface area (Å²) >= 11 is 3.25. The Hall–Kier alpha value is -1.11. The number of thioether (sulfide) groups is 1. The van der Waals surface area contributed by atoms with Crippen LogP contribution in [0.15, 0.2) is 28.6 Å². The first-order valence-corrected chi connectivity index (χ1v) is 7.38. The number of hydrogen-bond acceptors (Lipinski definition) is 6. The lowest BCUT2D eigenvalue weighted by Crippen LogP contribution is -2.33. The van der Waals surface area contributed by atoms with Crippen molar-refractivity contribution in [2.24, 2.45) is 5.73 Å². The second-order valence-corrected chi connectivity index (χ2v) is 6.79. The lowest BCUT2D eigenvalue weighted by Gasteiger charge is -2.29. The minimum Gasteiger partial charge on any atom is -0.492 e. The molecule has 2 atom stereocenters. The maximum atomic E-state index is 6.30. The number of aromatic nitrogens is 2. The van der Waals surface area contributed by atoms with Crippen LogP contribution >= 0.6 is 23.1 Å². The SMILES string of the molecule is Cc1nnc(SC2COc3ccccc3C2N)s1. The predicted molar refractivity (Wildman–Crippen MR) is 73.2 cm³/mol. The van der Waals surface area contributed by atoms with Crippen molar-refractivity contribution < 1.29 is 4.74 Å². The van der Waals surface area contributed by atoms with E-state index in [0.29, 0.717) is 6.61 Å². The molecule has 2 heterocycles. The van der Waals surface area contributed by atoms with E-state index in [1.807, 2.05) is 31.2 Å². The lowest BCUT2D eigenvalue weighted by atomic mass is 10.0. The molecule has 0 saturated heterocycles. The van der Waals surface area contributed by atoms with Crippen LogP contribution in [0.3, 0.4) is 0 Å². The second-order valence-electron chi connectivity index (χ2n) is 4.12. The number of ether oxygens (including phenoxy) is 1. The number of hydrogen-bond donors (Lipinski definition) is 1. The van der Waals surface area contributed by atoms with Gasteiger partial charge in [0.05, 0.1) is 5.25 Å². The van der Waals surface area contributed by atoms with Crippen molar-refractivity contribution in [3.8, 4) is 5.75 Å². The third-order valence-corrected chi connectivity index (χ3v) is 5.03. The van der Waals surface area contributed by atoms with Crippen LogP contribution in [-0.2, 0) is 0 Å². The van der Waals surface area contributed by atoms with Gasteiger partial charge < -0.3 is 10.5 Å². The van der Waals surface area contributed by atoms with Gasteiger partial charge in [0, 0.05) is 11.6 Å². The minimum atomic E-state index is -0.0239. The molecule has 0 radical (unpaired) electrons. The van der Waals surface area contributed by atoms with Crippen LogP contribution in [0.1, 0.15) is 16.6 Å². The average molecular weight is 279 g/mol. The molecule has 18 heavy (non-hydrogen) atoms. The van der Waals surface area contributed by atoms with Crippen LogP contribution in [0, 0.1) is 6.92 Å². The number of benzene rings is 1. The van der Waals surface area contributed by atoms with Gasteiger partial charge in [-0.05, 0) is 13.0 Å². The fourth-order valence-corrected chi connectivity index (χ4v) is 4.04. The van der Waals surface area contributed by atoms with E-state index in [1.165, 1.54) is 0 Å². The van der Waals surface area contributed by atoms with E-state index in [4.69, 9.17) is 10.5 Å². The van der Waals surface area contributed by atoms with Crippen LogP contribution < -0.4 is 10.5 Å². The maximum absolute atomic E-state index is 6.30. The van der Waals surface area contributed by atoms with E-state index in [0.717, 1.165) is 20.7 Å². The van der Waals surface area contributed by atoms with Crippen LogP contribution in [0.2, 0.25) is 0 Å². The van der Waals surface area contributed by atoms with Crippen LogP contribution in [0.4, 0.5) is 0 Å². The summed E-state index contributed by atoms with van der Waals surface area (Å²) in [6.07, 6.45) is 0. The van der Waals surface area contributed by atoms with Crippen molar-refractivity contribution in [2.75, 3.05) is 6.61 Å². The van der Waals surface area contributed by atoms with Gasteiger partial charge in [0.15, 0.2) is 4.34 Å². The van der Waals surface area contributed by atoms with E-state index < -0.39 is 0 Å². The molecule has 2 unspecified atom stereocenters. The fraction of sp³-hybridized carbons (Fsp3) is 0.333. The van der Waals surface area contributed by atoms with E-state index >= 15 is 0 Å². The van der Waals surface area contributed by atoms with E-state index in [-0.39, 0.29) is 11.3 Å². The summed E-state index contributed by atoms with van der Waals surface area (Å²) in [7, 11) is 0. The van der Waals surface area contributed by atoms with Crippen molar-refractivity contribution in [1.29, 1.82) is 0 Å². The van der Waals surface area contributed by atoms with Gasteiger partial charge in [-0.3, -0.25) is 0 Å². The summed E-state index contributed by atoms with van der Waals surface area (Å²) in [5, 5.41) is 9.30. The monoisotopic (exact) mass is 279 g/mol. The van der Waals surface area contributed by atoms with Crippen molar-refractivity contribution >= 4 is 23.1 Å². The van der Waals surface area contributed by atoms with Gasteiger partial charge >= 0.3 is 0 Å². The molecule has 0 fully saturated rings. The Bertz CT molecular complexity index is 558. The molecule has 3 rings (SSSR count). The van der Waals surface area contributed by atoms with Gasteiger partial charge in [-0.1, -0.05) is 41.3 Å². The van der Waals surface area contributed by atoms with Gasteiger partial charge in [0.1, 0.15) is 17.4 Å². The topological polar surface area (TPSA) is 61.0 Å². The standard InChI is InChI=1S/C12H13N3OS2/c1-7-14-15-12(17-7)18-10-6-16-9-5-3-2-4-8(9)11(10)13/h2-5,10-11H,6,13H2,1H3. The number of nitrogens with two attached hydrogens (primary N) is 1. The summed E-state index contributed by atoms with van der Waals surface area (Å²) in [5.41, 5.74) is 7.37. The zero-order valence-corrected chi connectivity index (χ0v) is 11.5. The molecule has 94 valence electrons. The Morgan fingerprint density at radius 2 is 2.22 bits per heavy atom. The van der Waals surface area contributed by atoms with E-state index in [1.54, 1.807) is 23.1 Å². The minimum absolute atomic E-state index is 0.0239. The Kier molecular flexibility index (Phi) is 3.23. The number of para-hydroxylation sites is 1. The highest BCUT2D eigenvalue weighted by Crippen LogP contribution is 2.39. The van der Waals surface area contributed by atoms with Crippen LogP contribution in [0.5, 0.6) is 5.75 Å². The zero-order valence-electron chi connectivity index (χ0n) is 9.87. The first-order chi connectivity index (χ1) is 8.74. The number of aryl methyl sites for hydroxylation is 1. The Morgan fingerprint density at radius 3 is 3.00 bits per heavy atom. The van der Waals surface area contributed by atoms with Crippen LogP contribution in [-0.4, -0.2) is 22.1 Å². The summed E-state index contributed by atoms with van der Waals surface area (Å²) < 4.78 is 6.70. The molecule has 0 aliphatic carbocycles. The molecular weight excluding hydrogens is 266 g/mol. The van der Waals surface area contributed by atoms with Crippen molar-refractivity contribution in [3.05, 3.63) is 34.8 Å². The van der Waals surface area contributed by atoms with Crippen molar-refractivity contribution in [3.63, 3.8) is 0 Å². The highest BCUT2D eigenvalue weighted by Gasteiger charge is 2.29. The molecule has 1 aromatic carbocycles. The molecule has 1 aliphatic heterocycles. The normalized spacial score (nSPS) is 22.3. The first-order valence-electron chi connectivity index (χ1n) is 5.68. The fourth-order valence-electron chi connectivity index (χ4n) is 1.93. The molecule has 1 aromatic heterocycles. The molecule has 2 aromatic rings. The summed E-state index contributed by atoms with van der Waals surface area (Å²) in [6, 6.07) is 7.92. The molecule has 2 N–H and O–H groups in total. The summed E-state index contributed by atoms with van der Waals surface area (Å²) in [6.45, 7) is 2.57. The quantitative estimate of drug-likeness (QED) is 0.914. The molecule has 0 spiro atoms. The molecule has 1 aliphatic rings. The number of fused-ring (bicyclic) bond motifs is 1. The predicted octanol–water partition coefficient (Wildman–Crippen LogP) is 2.40. The molecule has 0 saturated carbocycles. The van der Waals surface area contributed by atoms with E-state index in [9.17, 15) is 0 Å². The van der Waals surface area contributed by atoms with Gasteiger partial charge in [-0.2, -0.15) is 0 Å². The molecule has 6 heteroatoms. The largest absolute Gasteiger partial charge is 0.492 e.